The van der Waals surface area contributed by atoms with Crippen molar-refractivity contribution in [2.45, 2.75) is 215 Å². The van der Waals surface area contributed by atoms with Crippen LogP contribution in [0.25, 0.3) is 10.8 Å². The van der Waals surface area contributed by atoms with E-state index in [4.69, 9.17) is 33.2 Å². The summed E-state index contributed by atoms with van der Waals surface area (Å²) in [5.41, 5.74) is -0.764. The van der Waals surface area contributed by atoms with E-state index in [-0.39, 0.29) is 59.9 Å². The summed E-state index contributed by atoms with van der Waals surface area (Å²) in [6.45, 7) is 21.4. The molecule has 7 aliphatic heterocycles. The summed E-state index contributed by atoms with van der Waals surface area (Å²) in [6.07, 6.45) is 2.99. The molecule has 0 bridgehead atoms. The van der Waals surface area contributed by atoms with E-state index in [1.165, 1.54) is 23.8 Å². The van der Waals surface area contributed by atoms with Crippen LogP contribution in [0.5, 0.6) is 5.75 Å². The molecule has 0 aliphatic carbocycles. The molecule has 0 saturated carbocycles. The SMILES string of the molecule is CCOc1ccc2ccccc2c1C(=O)N[C@@H]1C(=O)N2[C@@H]1SC(C)(C)[C@@H]2C(=O)O.CC[C@@]1([C@@H]2O[C@@H]([C@H]3O[C@@](O)(CO)[C@H](C)C[C@@H]3C)C[C@@H]2C)CC[C@H]([C@]2(C)CC[C@]3(C[C@H](O)[C@@H](C)[C@@H]([C@@H](C)[C@@H](OC)[C@H](C)C(=O)O)O3)O2)O1. The normalized spacial score (nSPS) is 40.9. The number of nitrogens with zero attached hydrogens (tertiary/aromatic N) is 1. The molecule has 19 heteroatoms. The quantitative estimate of drug-likeness (QED) is 0.101. The first-order valence-corrected chi connectivity index (χ1v) is 28.5. The maximum Gasteiger partial charge on any atom is 0.327 e. The zero-order valence-electron chi connectivity index (χ0n) is 46.4. The van der Waals surface area contributed by atoms with E-state index in [0.717, 1.165) is 42.9 Å². The van der Waals surface area contributed by atoms with Gasteiger partial charge in [-0.25, -0.2) is 4.79 Å². The highest BCUT2D eigenvalue weighted by Crippen LogP contribution is 2.56. The topological polar surface area (TPSA) is 249 Å². The number of carbonyl (C=O) groups excluding carboxylic acids is 2. The van der Waals surface area contributed by atoms with E-state index in [0.29, 0.717) is 37.2 Å². The Morgan fingerprint density at radius 1 is 0.947 bits per heavy atom. The Morgan fingerprint density at radius 3 is 2.30 bits per heavy atom. The summed E-state index contributed by atoms with van der Waals surface area (Å²) in [7, 11) is 1.52. The van der Waals surface area contributed by atoms with Gasteiger partial charge in [-0.1, -0.05) is 71.9 Å². The van der Waals surface area contributed by atoms with Crippen LogP contribution in [0.15, 0.2) is 36.4 Å². The second-order valence-corrected chi connectivity index (χ2v) is 25.7. The molecule has 424 valence electrons. The maximum atomic E-state index is 13.2. The monoisotopic (exact) mass is 1080 g/mol. The molecule has 0 unspecified atom stereocenters. The molecule has 7 aliphatic rings. The van der Waals surface area contributed by atoms with Crippen molar-refractivity contribution in [2.75, 3.05) is 20.3 Å². The van der Waals surface area contributed by atoms with Crippen LogP contribution in [-0.4, -0.2) is 162 Å². The number of ether oxygens (including phenoxy) is 7. The number of methoxy groups -OCH3 is 1. The lowest BCUT2D eigenvalue weighted by Crippen LogP contribution is -2.70. The third-order valence-corrected chi connectivity index (χ3v) is 20.0. The molecule has 7 saturated heterocycles. The number of benzene rings is 2. The van der Waals surface area contributed by atoms with Crippen molar-refractivity contribution in [3.05, 3.63) is 42.0 Å². The highest BCUT2D eigenvalue weighted by molar-refractivity contribution is 8.01. The van der Waals surface area contributed by atoms with E-state index < -0.39 is 93.7 Å². The molecule has 6 N–H and O–H groups in total. The fourth-order valence-corrected chi connectivity index (χ4v) is 15.7. The summed E-state index contributed by atoms with van der Waals surface area (Å²) in [5.74, 6) is -5.87. The van der Waals surface area contributed by atoms with E-state index >= 15 is 0 Å². The Kier molecular flexibility index (Phi) is 17.0. The van der Waals surface area contributed by atoms with Gasteiger partial charge in [-0.15, -0.1) is 11.8 Å². The average molecular weight is 1090 g/mol. The van der Waals surface area contributed by atoms with Gasteiger partial charge >= 0.3 is 11.9 Å². The van der Waals surface area contributed by atoms with Crippen molar-refractivity contribution < 1.29 is 77.9 Å². The summed E-state index contributed by atoms with van der Waals surface area (Å²) in [5, 5.41) is 55.4. The van der Waals surface area contributed by atoms with Gasteiger partial charge in [0.25, 0.3) is 5.91 Å². The van der Waals surface area contributed by atoms with Gasteiger partial charge in [-0.2, -0.15) is 0 Å². The number of carbonyl (C=O) groups is 4. The van der Waals surface area contributed by atoms with Crippen LogP contribution in [-0.2, 0) is 42.8 Å². The number of fused-ring (bicyclic) bond motifs is 2. The highest BCUT2D eigenvalue weighted by atomic mass is 32.2. The van der Waals surface area contributed by atoms with Crippen LogP contribution in [0, 0.1) is 35.5 Å². The molecule has 0 radical (unpaired) electrons. The predicted octanol–water partition coefficient (Wildman–Crippen LogP) is 6.76. The number of aliphatic carboxylic acids is 2. The van der Waals surface area contributed by atoms with Gasteiger partial charge in [0.05, 0.1) is 78.6 Å². The Balaban J connectivity index is 0.000000225. The smallest absolute Gasteiger partial charge is 0.327 e. The number of aliphatic hydroxyl groups is 3. The van der Waals surface area contributed by atoms with Gasteiger partial charge in [0.1, 0.15) is 23.2 Å². The number of nitrogens with one attached hydrogen (secondary N) is 1. The number of aliphatic hydroxyl groups excluding tert-OH is 2. The van der Waals surface area contributed by atoms with Gasteiger partial charge in [0, 0.05) is 42.5 Å². The van der Waals surface area contributed by atoms with Gasteiger partial charge in [-0.3, -0.25) is 14.4 Å². The minimum Gasteiger partial charge on any atom is -0.493 e. The van der Waals surface area contributed by atoms with Crippen LogP contribution in [0.1, 0.15) is 138 Å². The van der Waals surface area contributed by atoms with Crippen molar-refractivity contribution >= 4 is 46.3 Å². The number of carboxylic acid groups (broad SMARTS) is 2. The number of thioether (sulfide) groups is 1. The number of β-lactam (4-membered cyclic amide) rings is 1. The second kappa shape index (κ2) is 22.1. The predicted molar refractivity (Wildman–Crippen MR) is 282 cm³/mol. The Morgan fingerprint density at radius 2 is 1.66 bits per heavy atom. The van der Waals surface area contributed by atoms with E-state index in [1.807, 2.05) is 58.0 Å². The number of rotatable bonds is 15. The number of hydrogen-bond donors (Lipinski definition) is 6. The Bertz CT molecular complexity index is 2460. The van der Waals surface area contributed by atoms with Gasteiger partial charge in [-0.05, 0) is 102 Å². The maximum absolute atomic E-state index is 13.2. The lowest BCUT2D eigenvalue weighted by atomic mass is 9.78. The van der Waals surface area contributed by atoms with Gasteiger partial charge in [0.2, 0.25) is 5.91 Å². The molecule has 2 aromatic rings. The molecule has 7 fully saturated rings. The van der Waals surface area contributed by atoms with Crippen molar-refractivity contribution in [3.63, 3.8) is 0 Å². The van der Waals surface area contributed by atoms with E-state index in [2.05, 4.69) is 33.0 Å². The zero-order chi connectivity index (χ0) is 55.6. The van der Waals surface area contributed by atoms with Crippen LogP contribution in [0.2, 0.25) is 0 Å². The molecular weight excluding hydrogens is 1000 g/mol. The largest absolute Gasteiger partial charge is 0.493 e. The summed E-state index contributed by atoms with van der Waals surface area (Å²) in [4.78, 5) is 50.7. The lowest BCUT2D eigenvalue weighted by Gasteiger charge is -2.49. The van der Waals surface area contributed by atoms with Crippen molar-refractivity contribution in [3.8, 4) is 5.75 Å². The number of amides is 2. The molecular formula is C57H84N2O16S. The fraction of sp³-hybridized carbons (Fsp3) is 0.754. The minimum absolute atomic E-state index is 0.153. The van der Waals surface area contributed by atoms with Crippen molar-refractivity contribution in [1.29, 1.82) is 0 Å². The average Bonchev–Trinajstić information content (AvgIpc) is 4.15. The van der Waals surface area contributed by atoms with Crippen LogP contribution < -0.4 is 10.1 Å². The van der Waals surface area contributed by atoms with Crippen molar-refractivity contribution in [1.82, 2.24) is 10.2 Å². The first-order valence-electron chi connectivity index (χ1n) is 27.6. The van der Waals surface area contributed by atoms with Gasteiger partial charge in [0.15, 0.2) is 11.6 Å². The molecule has 0 aromatic heterocycles. The molecule has 2 amide bonds. The van der Waals surface area contributed by atoms with E-state index in [1.54, 1.807) is 26.8 Å². The molecule has 18 nitrogen and oxygen atoms in total. The molecule has 20 atom stereocenters. The summed E-state index contributed by atoms with van der Waals surface area (Å²) < 4.78 is 44.4. The van der Waals surface area contributed by atoms with Crippen molar-refractivity contribution in [2.24, 2.45) is 35.5 Å². The van der Waals surface area contributed by atoms with E-state index in [9.17, 15) is 44.7 Å². The Labute approximate surface area is 451 Å². The van der Waals surface area contributed by atoms with Gasteiger partial charge < -0.3 is 68.9 Å². The minimum atomic E-state index is -1.56. The number of carboxylic acids is 2. The third kappa shape index (κ3) is 10.5. The second-order valence-electron chi connectivity index (χ2n) is 23.9. The summed E-state index contributed by atoms with van der Waals surface area (Å²) in [6, 6.07) is 9.46. The molecule has 7 heterocycles. The lowest BCUT2D eigenvalue weighted by molar-refractivity contribution is -0.336. The highest BCUT2D eigenvalue weighted by Gasteiger charge is 2.65. The molecule has 76 heavy (non-hydrogen) atoms. The fourth-order valence-electron chi connectivity index (χ4n) is 14.0. The zero-order valence-corrected chi connectivity index (χ0v) is 47.2. The Hall–Kier alpha value is -3.63. The first kappa shape index (κ1) is 58.5. The molecule has 2 aromatic carbocycles. The summed E-state index contributed by atoms with van der Waals surface area (Å²) >= 11 is 1.40. The molecule has 1 spiro atoms. The first-order chi connectivity index (χ1) is 35.7. The third-order valence-electron chi connectivity index (χ3n) is 18.4. The molecule has 9 rings (SSSR count). The van der Waals surface area contributed by atoms with Crippen LogP contribution in [0.4, 0.5) is 0 Å². The standard InChI is InChI=1S/C36H62O11.C21H22N2O5S/c1-10-34(31-20(3)16-26(43-31)28-19(2)15-21(4)36(41,18-37)46-28)12-11-27(44-34)33(8)13-14-35(47-33)17-25(38)22(5)30(45-35)23(6)29(42-9)24(7)32(39)40;1-4-28-13-10-9-11-7-5-6-8-12(11)14(13)17(24)22-15-18(25)23-16(20(26)27)21(2,3)29-19(15)23/h19-31,37-38,41H,10-18H2,1-9H3,(H,39,40);5-10,15-16,19H,4H2,1-3H3,(H,22,24)(H,26,27)/t19-,20-,21+,22+,23-,24-,25-,26+,27+,28-,29+,30-,31+,33-,34-,35+,36-;15-,16+,19-/m01/s1. The van der Waals surface area contributed by atoms with Crippen LogP contribution in [0.3, 0.4) is 0 Å². The van der Waals surface area contributed by atoms with Crippen LogP contribution >= 0.6 is 11.8 Å². The number of hydrogen-bond acceptors (Lipinski definition) is 15.